The van der Waals surface area contributed by atoms with E-state index < -0.39 is 0 Å². The molecular weight excluding hydrogens is 246 g/mol. The Labute approximate surface area is 115 Å². The molecule has 4 saturated carbocycles. The lowest BCUT2D eigenvalue weighted by molar-refractivity contribution is -0.125. The number of nitrogens with one attached hydrogen (secondary N) is 1. The average Bonchev–Trinajstić information content (AvgIpc) is 2.27. The summed E-state index contributed by atoms with van der Waals surface area (Å²) in [4.78, 5) is 11.8. The summed E-state index contributed by atoms with van der Waals surface area (Å²) in [7, 11) is 0. The number of rotatable bonds is 4. The Hall–Kier alpha value is -0.240. The van der Waals surface area contributed by atoms with Crippen LogP contribution in [0.1, 0.15) is 51.9 Å². The van der Waals surface area contributed by atoms with Gasteiger partial charge in [-0.3, -0.25) is 4.79 Å². The van der Waals surface area contributed by atoms with E-state index in [4.69, 9.17) is 11.6 Å². The zero-order valence-electron chi connectivity index (χ0n) is 11.3. The third-order valence-electron chi connectivity index (χ3n) is 5.70. The molecule has 1 atom stereocenters. The lowest BCUT2D eigenvalue weighted by atomic mass is 9.48. The molecule has 102 valence electrons. The minimum absolute atomic E-state index is 0.133. The standard InChI is InChI=1S/C15H24ClNO/c1-10(17-14(18)2-3-16)15-7-11-4-12(8-15)6-13(5-11)9-15/h10-13H,2-9H2,1H3,(H,17,18). The van der Waals surface area contributed by atoms with Gasteiger partial charge < -0.3 is 5.32 Å². The number of halogens is 1. The topological polar surface area (TPSA) is 29.1 Å². The van der Waals surface area contributed by atoms with Gasteiger partial charge in [0.1, 0.15) is 0 Å². The van der Waals surface area contributed by atoms with E-state index >= 15 is 0 Å². The number of alkyl halides is 1. The second-order valence-corrected chi connectivity index (χ2v) is 7.39. The molecular formula is C15H24ClNO. The molecule has 0 aromatic carbocycles. The third kappa shape index (κ3) is 2.17. The molecule has 0 aromatic heterocycles. The fourth-order valence-electron chi connectivity index (χ4n) is 5.26. The van der Waals surface area contributed by atoms with Gasteiger partial charge in [-0.15, -0.1) is 11.6 Å². The van der Waals surface area contributed by atoms with E-state index in [1.165, 1.54) is 38.5 Å². The highest BCUT2D eigenvalue weighted by atomic mass is 35.5. The minimum Gasteiger partial charge on any atom is -0.353 e. The summed E-state index contributed by atoms with van der Waals surface area (Å²) >= 11 is 5.64. The van der Waals surface area contributed by atoms with Crippen LogP contribution in [0.3, 0.4) is 0 Å². The lowest BCUT2D eigenvalue weighted by Crippen LogP contribution is -2.55. The first kappa shape index (κ1) is 12.8. The van der Waals surface area contributed by atoms with Crippen molar-refractivity contribution in [3.63, 3.8) is 0 Å². The van der Waals surface area contributed by atoms with Crippen molar-refractivity contribution >= 4 is 17.5 Å². The fourth-order valence-corrected chi connectivity index (χ4v) is 5.43. The van der Waals surface area contributed by atoms with Crippen molar-refractivity contribution in [1.82, 2.24) is 5.32 Å². The van der Waals surface area contributed by atoms with E-state index in [9.17, 15) is 4.79 Å². The normalized spacial score (nSPS) is 42.9. The second-order valence-electron chi connectivity index (χ2n) is 7.01. The van der Waals surface area contributed by atoms with Gasteiger partial charge in [0.25, 0.3) is 0 Å². The highest BCUT2D eigenvalue weighted by Crippen LogP contribution is 2.61. The first-order chi connectivity index (χ1) is 8.61. The summed E-state index contributed by atoms with van der Waals surface area (Å²) < 4.78 is 0. The van der Waals surface area contributed by atoms with Gasteiger partial charge >= 0.3 is 0 Å². The first-order valence-corrected chi connectivity index (χ1v) is 8.00. The molecule has 4 fully saturated rings. The molecule has 1 amide bonds. The largest absolute Gasteiger partial charge is 0.353 e. The Morgan fingerprint density at radius 2 is 1.72 bits per heavy atom. The monoisotopic (exact) mass is 269 g/mol. The number of amides is 1. The zero-order chi connectivity index (χ0) is 12.8. The molecule has 0 spiro atoms. The van der Waals surface area contributed by atoms with Crippen molar-refractivity contribution in [3.8, 4) is 0 Å². The molecule has 18 heavy (non-hydrogen) atoms. The molecule has 4 aliphatic rings. The van der Waals surface area contributed by atoms with Crippen LogP contribution >= 0.6 is 11.6 Å². The molecule has 1 unspecified atom stereocenters. The molecule has 4 aliphatic carbocycles. The summed E-state index contributed by atoms with van der Waals surface area (Å²) in [6, 6.07) is 0.335. The number of carbonyl (C=O) groups excluding carboxylic acids is 1. The van der Waals surface area contributed by atoms with Crippen LogP contribution in [0.4, 0.5) is 0 Å². The van der Waals surface area contributed by atoms with Gasteiger partial charge in [-0.2, -0.15) is 0 Å². The fraction of sp³-hybridized carbons (Fsp3) is 0.933. The van der Waals surface area contributed by atoms with Crippen LogP contribution in [0.25, 0.3) is 0 Å². The molecule has 0 aromatic rings. The predicted molar refractivity (Wildman–Crippen MR) is 73.5 cm³/mol. The van der Waals surface area contributed by atoms with E-state index in [1.54, 1.807) is 0 Å². The Morgan fingerprint density at radius 3 is 2.17 bits per heavy atom. The number of carbonyl (C=O) groups is 1. The predicted octanol–water partition coefficient (Wildman–Crippen LogP) is 3.34. The van der Waals surface area contributed by atoms with Gasteiger partial charge in [-0.25, -0.2) is 0 Å². The van der Waals surface area contributed by atoms with Crippen LogP contribution in [0.2, 0.25) is 0 Å². The molecule has 4 bridgehead atoms. The summed E-state index contributed by atoms with van der Waals surface area (Å²) in [5, 5.41) is 3.21. The van der Waals surface area contributed by atoms with Gasteiger partial charge in [0, 0.05) is 18.3 Å². The maximum absolute atomic E-state index is 11.8. The van der Waals surface area contributed by atoms with Crippen LogP contribution in [0, 0.1) is 23.2 Å². The summed E-state index contributed by atoms with van der Waals surface area (Å²) in [5.41, 5.74) is 0.413. The van der Waals surface area contributed by atoms with Crippen LogP contribution in [0.15, 0.2) is 0 Å². The van der Waals surface area contributed by atoms with Gasteiger partial charge in [0.15, 0.2) is 0 Å². The van der Waals surface area contributed by atoms with E-state index in [0.717, 1.165) is 17.8 Å². The molecule has 1 N–H and O–H groups in total. The highest BCUT2D eigenvalue weighted by Gasteiger charge is 2.53. The van der Waals surface area contributed by atoms with Crippen molar-refractivity contribution in [2.45, 2.75) is 57.9 Å². The van der Waals surface area contributed by atoms with Crippen molar-refractivity contribution in [3.05, 3.63) is 0 Å². The first-order valence-electron chi connectivity index (χ1n) is 7.46. The van der Waals surface area contributed by atoms with Crippen LogP contribution in [0.5, 0.6) is 0 Å². The van der Waals surface area contributed by atoms with E-state index in [-0.39, 0.29) is 5.91 Å². The number of hydrogen-bond donors (Lipinski definition) is 1. The van der Waals surface area contributed by atoms with Gasteiger partial charge in [-0.1, -0.05) is 0 Å². The van der Waals surface area contributed by atoms with Crippen LogP contribution < -0.4 is 5.32 Å². The third-order valence-corrected chi connectivity index (χ3v) is 5.89. The lowest BCUT2D eigenvalue weighted by Gasteiger charge is -2.59. The van der Waals surface area contributed by atoms with E-state index in [1.807, 2.05) is 0 Å². The maximum Gasteiger partial charge on any atom is 0.221 e. The molecule has 0 heterocycles. The zero-order valence-corrected chi connectivity index (χ0v) is 12.0. The SMILES string of the molecule is CC(NC(=O)CCCl)C12CC3CC(CC(C3)C1)C2. The Bertz CT molecular complexity index is 306. The van der Waals surface area contributed by atoms with E-state index in [2.05, 4.69) is 12.2 Å². The molecule has 0 aliphatic heterocycles. The summed E-state index contributed by atoms with van der Waals surface area (Å²) in [6.45, 7) is 2.22. The van der Waals surface area contributed by atoms with Gasteiger partial charge in [0.05, 0.1) is 0 Å². The maximum atomic E-state index is 11.8. The molecule has 2 nitrogen and oxygen atoms in total. The summed E-state index contributed by atoms with van der Waals surface area (Å²) in [5.74, 6) is 3.41. The Morgan fingerprint density at radius 1 is 1.22 bits per heavy atom. The second kappa shape index (κ2) is 4.70. The van der Waals surface area contributed by atoms with Gasteiger partial charge in [0.2, 0.25) is 5.91 Å². The van der Waals surface area contributed by atoms with E-state index in [0.29, 0.717) is 23.8 Å². The van der Waals surface area contributed by atoms with Crippen molar-refractivity contribution in [1.29, 1.82) is 0 Å². The van der Waals surface area contributed by atoms with Crippen molar-refractivity contribution in [2.75, 3.05) is 5.88 Å². The molecule has 4 rings (SSSR count). The Kier molecular flexibility index (Phi) is 3.34. The Balaban J connectivity index is 1.69. The molecule has 3 heteroatoms. The number of hydrogen-bond acceptors (Lipinski definition) is 1. The quantitative estimate of drug-likeness (QED) is 0.780. The average molecular weight is 270 g/mol. The van der Waals surface area contributed by atoms with Gasteiger partial charge in [-0.05, 0) is 68.6 Å². The minimum atomic E-state index is 0.133. The van der Waals surface area contributed by atoms with Crippen LogP contribution in [-0.2, 0) is 4.79 Å². The molecule has 0 saturated heterocycles. The highest BCUT2D eigenvalue weighted by molar-refractivity contribution is 6.18. The molecule has 0 radical (unpaired) electrons. The summed E-state index contributed by atoms with van der Waals surface area (Å²) in [6.07, 6.45) is 8.88. The van der Waals surface area contributed by atoms with Crippen molar-refractivity contribution in [2.24, 2.45) is 23.2 Å². The van der Waals surface area contributed by atoms with Crippen molar-refractivity contribution < 1.29 is 4.79 Å². The smallest absolute Gasteiger partial charge is 0.221 e. The van der Waals surface area contributed by atoms with Crippen LogP contribution in [-0.4, -0.2) is 17.8 Å².